The van der Waals surface area contributed by atoms with Crippen LogP contribution in [-0.4, -0.2) is 16.1 Å². The van der Waals surface area contributed by atoms with E-state index in [0.717, 1.165) is 0 Å². The summed E-state index contributed by atoms with van der Waals surface area (Å²) < 4.78 is 15.1. The number of carbonyl (C=O) groups is 1. The summed E-state index contributed by atoms with van der Waals surface area (Å²) in [5, 5.41) is 3.97. The SMILES string of the molecule is O=Cc1cn(-c2ccccc2F)nc1Br. The first-order valence-corrected chi connectivity index (χ1v) is 4.97. The van der Waals surface area contributed by atoms with Crippen molar-refractivity contribution in [2.75, 3.05) is 0 Å². The summed E-state index contributed by atoms with van der Waals surface area (Å²) in [4.78, 5) is 10.6. The Morgan fingerprint density at radius 3 is 2.73 bits per heavy atom. The maximum Gasteiger partial charge on any atom is 0.154 e. The van der Waals surface area contributed by atoms with Gasteiger partial charge in [-0.25, -0.2) is 9.07 Å². The highest BCUT2D eigenvalue weighted by Gasteiger charge is 2.09. The van der Waals surface area contributed by atoms with Gasteiger partial charge in [-0.1, -0.05) is 12.1 Å². The Labute approximate surface area is 93.7 Å². The summed E-state index contributed by atoms with van der Waals surface area (Å²) in [6.45, 7) is 0. The van der Waals surface area contributed by atoms with Gasteiger partial charge in [0.1, 0.15) is 16.1 Å². The van der Waals surface area contributed by atoms with Crippen molar-refractivity contribution >= 4 is 22.2 Å². The van der Waals surface area contributed by atoms with Crippen LogP contribution in [0.1, 0.15) is 10.4 Å². The van der Waals surface area contributed by atoms with E-state index in [-0.39, 0.29) is 5.82 Å². The van der Waals surface area contributed by atoms with Crippen LogP contribution in [-0.2, 0) is 0 Å². The fraction of sp³-hybridized carbons (Fsp3) is 0. The third-order valence-corrected chi connectivity index (χ3v) is 2.54. The molecular weight excluding hydrogens is 263 g/mol. The maximum atomic E-state index is 13.4. The first-order chi connectivity index (χ1) is 7.22. The van der Waals surface area contributed by atoms with Gasteiger partial charge in [0.05, 0.1) is 5.56 Å². The highest BCUT2D eigenvalue weighted by atomic mass is 79.9. The number of aldehydes is 1. The second-order valence-corrected chi connectivity index (χ2v) is 3.64. The molecule has 0 saturated heterocycles. The molecule has 0 atom stereocenters. The summed E-state index contributed by atoms with van der Waals surface area (Å²) in [7, 11) is 0. The van der Waals surface area contributed by atoms with Crippen LogP contribution < -0.4 is 0 Å². The molecule has 0 aliphatic heterocycles. The molecule has 0 aliphatic carbocycles. The number of para-hydroxylation sites is 1. The Morgan fingerprint density at radius 2 is 2.13 bits per heavy atom. The average molecular weight is 269 g/mol. The van der Waals surface area contributed by atoms with E-state index in [9.17, 15) is 9.18 Å². The molecule has 0 aliphatic rings. The molecule has 0 fully saturated rings. The molecule has 5 heteroatoms. The van der Waals surface area contributed by atoms with Gasteiger partial charge in [-0.2, -0.15) is 5.10 Å². The predicted octanol–water partition coefficient (Wildman–Crippen LogP) is 2.59. The molecule has 0 spiro atoms. The van der Waals surface area contributed by atoms with Crippen molar-refractivity contribution in [2.45, 2.75) is 0 Å². The minimum Gasteiger partial charge on any atom is -0.298 e. The van der Waals surface area contributed by atoms with Crippen molar-refractivity contribution in [3.05, 3.63) is 46.4 Å². The van der Waals surface area contributed by atoms with Crippen molar-refractivity contribution in [1.82, 2.24) is 9.78 Å². The fourth-order valence-corrected chi connectivity index (χ4v) is 1.57. The molecule has 2 aromatic rings. The first kappa shape index (κ1) is 10.0. The molecule has 1 aromatic heterocycles. The number of hydrogen-bond acceptors (Lipinski definition) is 2. The lowest BCUT2D eigenvalue weighted by Crippen LogP contribution is -1.97. The van der Waals surface area contributed by atoms with E-state index < -0.39 is 0 Å². The van der Waals surface area contributed by atoms with Crippen LogP contribution in [0.2, 0.25) is 0 Å². The Morgan fingerprint density at radius 1 is 1.40 bits per heavy atom. The van der Waals surface area contributed by atoms with E-state index in [1.165, 1.54) is 16.9 Å². The van der Waals surface area contributed by atoms with E-state index in [1.807, 2.05) is 0 Å². The Kier molecular flexibility index (Phi) is 2.64. The quantitative estimate of drug-likeness (QED) is 0.785. The van der Waals surface area contributed by atoms with E-state index in [4.69, 9.17) is 0 Å². The van der Waals surface area contributed by atoms with Crippen molar-refractivity contribution in [3.8, 4) is 5.69 Å². The topological polar surface area (TPSA) is 34.9 Å². The fourth-order valence-electron chi connectivity index (χ4n) is 1.21. The zero-order valence-electron chi connectivity index (χ0n) is 7.52. The van der Waals surface area contributed by atoms with Crippen molar-refractivity contribution < 1.29 is 9.18 Å². The third kappa shape index (κ3) is 1.83. The standard InChI is InChI=1S/C10H6BrFN2O/c11-10-7(6-15)5-14(13-10)9-4-2-1-3-8(9)12/h1-6H. The van der Waals surface area contributed by atoms with Gasteiger partial charge < -0.3 is 0 Å². The smallest absolute Gasteiger partial charge is 0.154 e. The number of hydrogen-bond donors (Lipinski definition) is 0. The molecule has 15 heavy (non-hydrogen) atoms. The molecule has 0 saturated carbocycles. The number of halogens is 2. The third-order valence-electron chi connectivity index (χ3n) is 1.92. The molecule has 2 rings (SSSR count). The summed E-state index contributed by atoms with van der Waals surface area (Å²) in [6, 6.07) is 6.22. The second kappa shape index (κ2) is 3.94. The lowest BCUT2D eigenvalue weighted by molar-refractivity contribution is 0.112. The van der Waals surface area contributed by atoms with Gasteiger partial charge in [0.25, 0.3) is 0 Å². The van der Waals surface area contributed by atoms with Crippen LogP contribution in [0.3, 0.4) is 0 Å². The molecule has 1 heterocycles. The second-order valence-electron chi connectivity index (χ2n) is 2.89. The summed E-state index contributed by atoms with van der Waals surface area (Å²) in [5.74, 6) is -0.384. The predicted molar refractivity (Wildman–Crippen MR) is 56.6 cm³/mol. The normalized spacial score (nSPS) is 10.3. The molecule has 0 N–H and O–H groups in total. The van der Waals surface area contributed by atoms with Gasteiger partial charge in [-0.15, -0.1) is 0 Å². The van der Waals surface area contributed by atoms with Crippen LogP contribution in [0.25, 0.3) is 5.69 Å². The summed E-state index contributed by atoms with van der Waals surface area (Å²) in [6.07, 6.45) is 2.13. The molecule has 0 radical (unpaired) electrons. The lowest BCUT2D eigenvalue weighted by Gasteiger charge is -2.00. The van der Waals surface area contributed by atoms with Gasteiger partial charge in [0, 0.05) is 6.20 Å². The molecule has 76 valence electrons. The molecule has 0 bridgehead atoms. The minimum atomic E-state index is -0.384. The van der Waals surface area contributed by atoms with Gasteiger partial charge in [0.15, 0.2) is 6.29 Å². The van der Waals surface area contributed by atoms with Gasteiger partial charge in [-0.3, -0.25) is 4.79 Å². The van der Waals surface area contributed by atoms with Crippen molar-refractivity contribution in [2.24, 2.45) is 0 Å². The van der Waals surface area contributed by atoms with E-state index in [1.54, 1.807) is 18.2 Å². The van der Waals surface area contributed by atoms with Gasteiger partial charge >= 0.3 is 0 Å². The number of rotatable bonds is 2. The average Bonchev–Trinajstić information content (AvgIpc) is 2.60. The number of nitrogens with zero attached hydrogens (tertiary/aromatic N) is 2. The number of carbonyl (C=O) groups excluding carboxylic acids is 1. The van der Waals surface area contributed by atoms with Crippen LogP contribution in [0.5, 0.6) is 0 Å². The zero-order valence-corrected chi connectivity index (χ0v) is 9.11. The van der Waals surface area contributed by atoms with Gasteiger partial charge in [-0.05, 0) is 28.1 Å². The Balaban J connectivity index is 2.55. The lowest BCUT2D eigenvalue weighted by atomic mass is 10.3. The molecular formula is C10H6BrFN2O. The van der Waals surface area contributed by atoms with E-state index >= 15 is 0 Å². The number of benzene rings is 1. The minimum absolute atomic E-state index is 0.311. The maximum absolute atomic E-state index is 13.4. The molecule has 0 unspecified atom stereocenters. The van der Waals surface area contributed by atoms with Crippen molar-refractivity contribution in [1.29, 1.82) is 0 Å². The van der Waals surface area contributed by atoms with Crippen LogP contribution in [0, 0.1) is 5.82 Å². The van der Waals surface area contributed by atoms with E-state index in [2.05, 4.69) is 21.0 Å². The van der Waals surface area contributed by atoms with Crippen LogP contribution in [0.4, 0.5) is 4.39 Å². The molecule has 0 amide bonds. The highest BCUT2D eigenvalue weighted by molar-refractivity contribution is 9.10. The summed E-state index contributed by atoms with van der Waals surface area (Å²) >= 11 is 3.11. The Hall–Kier alpha value is -1.49. The van der Waals surface area contributed by atoms with Crippen LogP contribution in [0.15, 0.2) is 35.1 Å². The molecule has 1 aromatic carbocycles. The highest BCUT2D eigenvalue weighted by Crippen LogP contribution is 2.17. The zero-order chi connectivity index (χ0) is 10.8. The van der Waals surface area contributed by atoms with E-state index in [0.29, 0.717) is 22.1 Å². The van der Waals surface area contributed by atoms with Crippen molar-refractivity contribution in [3.63, 3.8) is 0 Å². The van der Waals surface area contributed by atoms with Gasteiger partial charge in [0.2, 0.25) is 0 Å². The monoisotopic (exact) mass is 268 g/mol. The first-order valence-electron chi connectivity index (χ1n) is 4.17. The largest absolute Gasteiger partial charge is 0.298 e. The Bertz CT molecular complexity index is 510. The van der Waals surface area contributed by atoms with Crippen LogP contribution >= 0.6 is 15.9 Å². The summed E-state index contributed by atoms with van der Waals surface area (Å²) in [5.41, 5.74) is 0.699. The number of aromatic nitrogens is 2. The molecule has 3 nitrogen and oxygen atoms in total.